The van der Waals surface area contributed by atoms with Crippen molar-refractivity contribution in [2.75, 3.05) is 32.0 Å². The van der Waals surface area contributed by atoms with E-state index in [1.807, 2.05) is 6.07 Å². The van der Waals surface area contributed by atoms with Crippen molar-refractivity contribution in [1.29, 1.82) is 0 Å². The Morgan fingerprint density at radius 3 is 2.94 bits per heavy atom. The van der Waals surface area contributed by atoms with E-state index in [0.717, 1.165) is 18.3 Å². The number of nitrogens with two attached hydrogens (primary N) is 1. The molecule has 5 heteroatoms. The lowest BCUT2D eigenvalue weighted by Crippen LogP contribution is -2.33. The van der Waals surface area contributed by atoms with Gasteiger partial charge in [0.05, 0.1) is 6.54 Å². The van der Waals surface area contributed by atoms with Crippen LogP contribution < -0.4 is 11.1 Å². The Labute approximate surface area is 102 Å². The van der Waals surface area contributed by atoms with Crippen molar-refractivity contribution in [3.63, 3.8) is 0 Å². The summed E-state index contributed by atoms with van der Waals surface area (Å²) in [5.74, 6) is 2.33. The molecular weight excluding hydrogens is 214 g/mol. The minimum absolute atomic E-state index is 0.393. The molecule has 17 heavy (non-hydrogen) atoms. The van der Waals surface area contributed by atoms with Gasteiger partial charge in [-0.3, -0.25) is 0 Å². The fourth-order valence-electron chi connectivity index (χ4n) is 2.11. The van der Waals surface area contributed by atoms with Gasteiger partial charge in [-0.2, -0.15) is 0 Å². The third-order valence-electron chi connectivity index (χ3n) is 3.30. The number of anilines is 1. The minimum atomic E-state index is 0.393. The molecular formula is C12H21N5. The topological polar surface area (TPSA) is 67.1 Å². The zero-order valence-corrected chi connectivity index (χ0v) is 10.4. The average molecular weight is 235 g/mol. The predicted molar refractivity (Wildman–Crippen MR) is 68.6 cm³/mol. The number of hydrogen-bond acceptors (Lipinski definition) is 5. The number of nitrogens with one attached hydrogen (secondary N) is 1. The largest absolute Gasteiger partial charge is 0.370 e. The Morgan fingerprint density at radius 2 is 2.24 bits per heavy atom. The smallest absolute Gasteiger partial charge is 0.144 e. The van der Waals surface area contributed by atoms with Crippen LogP contribution in [0.15, 0.2) is 12.3 Å². The summed E-state index contributed by atoms with van der Waals surface area (Å²) in [5, 5.41) is 3.38. The number of rotatable bonds is 4. The zero-order valence-electron chi connectivity index (χ0n) is 10.4. The third-order valence-corrected chi connectivity index (χ3v) is 3.30. The summed E-state index contributed by atoms with van der Waals surface area (Å²) in [6.07, 6.45) is 4.28. The highest BCUT2D eigenvalue weighted by Crippen LogP contribution is 2.16. The average Bonchev–Trinajstić information content (AvgIpc) is 2.38. The number of aromatic nitrogens is 2. The lowest BCUT2D eigenvalue weighted by Gasteiger charge is -2.29. The maximum absolute atomic E-state index is 5.51. The molecule has 94 valence electrons. The summed E-state index contributed by atoms with van der Waals surface area (Å²) in [7, 11) is 2.18. The molecule has 1 fully saturated rings. The van der Waals surface area contributed by atoms with Gasteiger partial charge < -0.3 is 16.0 Å². The Morgan fingerprint density at radius 1 is 1.47 bits per heavy atom. The van der Waals surface area contributed by atoms with Crippen LogP contribution in [-0.2, 0) is 6.54 Å². The molecule has 1 aromatic heterocycles. The van der Waals surface area contributed by atoms with Crippen molar-refractivity contribution in [2.45, 2.75) is 19.4 Å². The maximum Gasteiger partial charge on any atom is 0.144 e. The van der Waals surface area contributed by atoms with Gasteiger partial charge >= 0.3 is 0 Å². The predicted octanol–water partition coefficient (Wildman–Crippen LogP) is 0.689. The second-order valence-electron chi connectivity index (χ2n) is 4.69. The van der Waals surface area contributed by atoms with Gasteiger partial charge in [-0.25, -0.2) is 9.97 Å². The standard InChI is InChI=1S/C12H21N5/c1-17-6-3-10(4-7-17)9-15-11-2-5-14-12(8-13)16-11/h2,5,10H,3-4,6-9,13H2,1H3,(H,14,15,16). The van der Waals surface area contributed by atoms with E-state index in [9.17, 15) is 0 Å². The molecule has 0 atom stereocenters. The van der Waals surface area contributed by atoms with Crippen molar-refractivity contribution >= 4 is 5.82 Å². The molecule has 3 N–H and O–H groups in total. The van der Waals surface area contributed by atoms with Crippen LogP contribution in [0.1, 0.15) is 18.7 Å². The van der Waals surface area contributed by atoms with E-state index in [2.05, 4.69) is 27.2 Å². The number of likely N-dealkylation sites (tertiary alicyclic amines) is 1. The van der Waals surface area contributed by atoms with Gasteiger partial charge in [0, 0.05) is 12.7 Å². The molecule has 1 aliphatic heterocycles. The summed E-state index contributed by atoms with van der Waals surface area (Å²) < 4.78 is 0. The molecule has 2 rings (SSSR count). The lowest BCUT2D eigenvalue weighted by molar-refractivity contribution is 0.226. The van der Waals surface area contributed by atoms with Crippen LogP contribution in [0.4, 0.5) is 5.82 Å². The molecule has 1 aromatic rings. The number of nitrogens with zero attached hydrogens (tertiary/aromatic N) is 3. The van der Waals surface area contributed by atoms with Gasteiger partial charge in [0.15, 0.2) is 0 Å². The number of hydrogen-bond donors (Lipinski definition) is 2. The summed E-state index contributed by atoms with van der Waals surface area (Å²) in [6, 6.07) is 1.90. The first-order valence-corrected chi connectivity index (χ1v) is 6.22. The zero-order chi connectivity index (χ0) is 12.1. The fraction of sp³-hybridized carbons (Fsp3) is 0.667. The van der Waals surface area contributed by atoms with Crippen LogP contribution in [0.5, 0.6) is 0 Å². The Balaban J connectivity index is 1.81. The molecule has 0 bridgehead atoms. The van der Waals surface area contributed by atoms with Gasteiger partial charge in [0.25, 0.3) is 0 Å². The highest BCUT2D eigenvalue weighted by atomic mass is 15.1. The maximum atomic E-state index is 5.51. The van der Waals surface area contributed by atoms with Crippen LogP contribution in [0.3, 0.4) is 0 Å². The van der Waals surface area contributed by atoms with E-state index in [1.54, 1.807) is 6.20 Å². The number of piperidine rings is 1. The molecule has 0 saturated carbocycles. The third kappa shape index (κ3) is 3.64. The molecule has 0 amide bonds. The van der Waals surface area contributed by atoms with Gasteiger partial charge in [-0.15, -0.1) is 0 Å². The van der Waals surface area contributed by atoms with Crippen molar-refractivity contribution in [1.82, 2.24) is 14.9 Å². The first-order chi connectivity index (χ1) is 8.28. The monoisotopic (exact) mass is 235 g/mol. The van der Waals surface area contributed by atoms with E-state index < -0.39 is 0 Å². The van der Waals surface area contributed by atoms with Crippen molar-refractivity contribution in [3.05, 3.63) is 18.1 Å². The van der Waals surface area contributed by atoms with Crippen LogP contribution in [0.2, 0.25) is 0 Å². The van der Waals surface area contributed by atoms with E-state index >= 15 is 0 Å². The van der Waals surface area contributed by atoms with Crippen LogP contribution in [0.25, 0.3) is 0 Å². The van der Waals surface area contributed by atoms with E-state index in [1.165, 1.54) is 25.9 Å². The molecule has 0 unspecified atom stereocenters. The van der Waals surface area contributed by atoms with Gasteiger partial charge in [-0.1, -0.05) is 0 Å². The highest BCUT2D eigenvalue weighted by molar-refractivity contribution is 5.32. The molecule has 0 aliphatic carbocycles. The van der Waals surface area contributed by atoms with Crippen molar-refractivity contribution in [3.8, 4) is 0 Å². The molecule has 2 heterocycles. The van der Waals surface area contributed by atoms with E-state index in [4.69, 9.17) is 5.73 Å². The molecule has 1 aliphatic rings. The summed E-state index contributed by atoms with van der Waals surface area (Å²) in [6.45, 7) is 3.78. The second kappa shape index (κ2) is 5.93. The summed E-state index contributed by atoms with van der Waals surface area (Å²) in [5.41, 5.74) is 5.51. The summed E-state index contributed by atoms with van der Waals surface area (Å²) in [4.78, 5) is 10.8. The first-order valence-electron chi connectivity index (χ1n) is 6.22. The minimum Gasteiger partial charge on any atom is -0.370 e. The van der Waals surface area contributed by atoms with Gasteiger partial charge in [0.2, 0.25) is 0 Å². The first kappa shape index (κ1) is 12.3. The Hall–Kier alpha value is -1.20. The van der Waals surface area contributed by atoms with E-state index in [-0.39, 0.29) is 0 Å². The van der Waals surface area contributed by atoms with Gasteiger partial charge in [-0.05, 0) is 45.0 Å². The normalized spacial score (nSPS) is 18.2. The second-order valence-corrected chi connectivity index (χ2v) is 4.69. The van der Waals surface area contributed by atoms with Gasteiger partial charge in [0.1, 0.15) is 11.6 Å². The Kier molecular flexibility index (Phi) is 4.28. The summed E-state index contributed by atoms with van der Waals surface area (Å²) >= 11 is 0. The fourth-order valence-corrected chi connectivity index (χ4v) is 2.11. The van der Waals surface area contributed by atoms with Crippen LogP contribution >= 0.6 is 0 Å². The highest BCUT2D eigenvalue weighted by Gasteiger charge is 2.16. The SMILES string of the molecule is CN1CCC(CNc2ccnc(CN)n2)CC1. The molecule has 0 spiro atoms. The molecule has 0 aromatic carbocycles. The van der Waals surface area contributed by atoms with Crippen LogP contribution in [-0.4, -0.2) is 41.5 Å². The van der Waals surface area contributed by atoms with Crippen molar-refractivity contribution in [2.24, 2.45) is 11.7 Å². The molecule has 0 radical (unpaired) electrons. The van der Waals surface area contributed by atoms with Crippen molar-refractivity contribution < 1.29 is 0 Å². The lowest BCUT2D eigenvalue weighted by atomic mass is 9.97. The molecule has 5 nitrogen and oxygen atoms in total. The Bertz CT molecular complexity index is 347. The molecule has 1 saturated heterocycles. The quantitative estimate of drug-likeness (QED) is 0.803. The van der Waals surface area contributed by atoms with Crippen LogP contribution in [0, 0.1) is 5.92 Å². The van der Waals surface area contributed by atoms with E-state index in [0.29, 0.717) is 12.4 Å².